The molecule has 0 aliphatic rings. The molecular formula is C26H29NO. The Balaban J connectivity index is 1.65. The molecule has 0 radical (unpaired) electrons. The van der Waals surface area contributed by atoms with Gasteiger partial charge in [-0.25, -0.2) is 0 Å². The molecule has 144 valence electrons. The summed E-state index contributed by atoms with van der Waals surface area (Å²) >= 11 is 0. The predicted octanol–water partition coefficient (Wildman–Crippen LogP) is 5.76. The number of rotatable bonds is 9. The highest BCUT2D eigenvalue weighted by molar-refractivity contribution is 5.19. The maximum atomic E-state index is 10.4. The highest BCUT2D eigenvalue weighted by Gasteiger charge is 2.13. The molecule has 28 heavy (non-hydrogen) atoms. The maximum absolute atomic E-state index is 10.4. The van der Waals surface area contributed by atoms with Crippen molar-refractivity contribution in [2.75, 3.05) is 0 Å². The summed E-state index contributed by atoms with van der Waals surface area (Å²) in [6, 6.07) is 31.3. The van der Waals surface area contributed by atoms with Gasteiger partial charge in [0.1, 0.15) is 0 Å². The van der Waals surface area contributed by atoms with Gasteiger partial charge in [0, 0.05) is 19.1 Å². The monoisotopic (exact) mass is 371 g/mol. The van der Waals surface area contributed by atoms with E-state index in [0.717, 1.165) is 18.7 Å². The van der Waals surface area contributed by atoms with Crippen molar-refractivity contribution in [3.63, 3.8) is 0 Å². The van der Waals surface area contributed by atoms with Crippen LogP contribution in [-0.4, -0.2) is 16.0 Å². The van der Waals surface area contributed by atoms with E-state index in [9.17, 15) is 5.11 Å². The van der Waals surface area contributed by atoms with Crippen molar-refractivity contribution in [2.24, 2.45) is 0 Å². The van der Waals surface area contributed by atoms with Crippen molar-refractivity contribution < 1.29 is 5.11 Å². The molecule has 0 fully saturated rings. The minimum atomic E-state index is -0.457. The van der Waals surface area contributed by atoms with Gasteiger partial charge >= 0.3 is 0 Å². The van der Waals surface area contributed by atoms with Crippen LogP contribution < -0.4 is 0 Å². The maximum Gasteiger partial charge on any atom is 0.0824 e. The minimum absolute atomic E-state index is 0.267. The van der Waals surface area contributed by atoms with Gasteiger partial charge < -0.3 is 5.11 Å². The van der Waals surface area contributed by atoms with Crippen LogP contribution in [0.1, 0.15) is 36.1 Å². The lowest BCUT2D eigenvalue weighted by Gasteiger charge is -2.27. The zero-order valence-electron chi connectivity index (χ0n) is 16.5. The Labute approximate surface area is 168 Å². The molecule has 0 spiro atoms. The average Bonchev–Trinajstić information content (AvgIpc) is 2.75. The summed E-state index contributed by atoms with van der Waals surface area (Å²) in [6.07, 6.45) is 4.48. The zero-order valence-corrected chi connectivity index (χ0v) is 16.5. The van der Waals surface area contributed by atoms with Crippen LogP contribution in [0.4, 0.5) is 0 Å². The van der Waals surface area contributed by atoms with Crippen LogP contribution in [0.25, 0.3) is 0 Å². The molecule has 0 saturated heterocycles. The van der Waals surface area contributed by atoms with E-state index in [4.69, 9.17) is 0 Å². The molecule has 0 aromatic heterocycles. The standard InChI is InChI=1S/C26H29NO/c1-22(12-11-19-26(28)25-17-9-4-10-18-25)27(20-23-13-5-2-6-14-23)21-24-15-7-3-8-16-24/h2-18,22,26,28H,19-21H2,1H3/b12-11-/t22-,26-/m0/s1. The van der Waals surface area contributed by atoms with Crippen molar-refractivity contribution in [3.8, 4) is 0 Å². The first-order chi connectivity index (χ1) is 13.7. The average molecular weight is 372 g/mol. The van der Waals surface area contributed by atoms with Crippen LogP contribution in [0.2, 0.25) is 0 Å². The van der Waals surface area contributed by atoms with Gasteiger partial charge in [-0.15, -0.1) is 0 Å². The molecule has 0 heterocycles. The Morgan fingerprint density at radius 2 is 1.21 bits per heavy atom. The van der Waals surface area contributed by atoms with Gasteiger partial charge in [0.15, 0.2) is 0 Å². The molecule has 0 unspecified atom stereocenters. The van der Waals surface area contributed by atoms with Crippen molar-refractivity contribution in [1.29, 1.82) is 0 Å². The second kappa shape index (κ2) is 10.6. The summed E-state index contributed by atoms with van der Waals surface area (Å²) < 4.78 is 0. The van der Waals surface area contributed by atoms with Crippen molar-refractivity contribution in [1.82, 2.24) is 4.90 Å². The van der Waals surface area contributed by atoms with Gasteiger partial charge in [-0.1, -0.05) is 103 Å². The Morgan fingerprint density at radius 1 is 0.750 bits per heavy atom. The molecular weight excluding hydrogens is 342 g/mol. The Hall–Kier alpha value is -2.68. The first-order valence-electron chi connectivity index (χ1n) is 9.94. The Bertz CT molecular complexity index is 789. The van der Waals surface area contributed by atoms with Gasteiger partial charge in [0.2, 0.25) is 0 Å². The highest BCUT2D eigenvalue weighted by atomic mass is 16.3. The smallest absolute Gasteiger partial charge is 0.0824 e. The second-order valence-electron chi connectivity index (χ2n) is 7.21. The lowest BCUT2D eigenvalue weighted by molar-refractivity contribution is 0.180. The fourth-order valence-electron chi connectivity index (χ4n) is 3.32. The van der Waals surface area contributed by atoms with E-state index in [2.05, 4.69) is 84.6 Å². The lowest BCUT2D eigenvalue weighted by Crippen LogP contribution is -2.30. The molecule has 2 heteroatoms. The Kier molecular flexibility index (Phi) is 7.60. The van der Waals surface area contributed by atoms with Crippen LogP contribution in [0.3, 0.4) is 0 Å². The number of benzene rings is 3. The normalized spacial score (nSPS) is 13.7. The predicted molar refractivity (Wildman–Crippen MR) is 117 cm³/mol. The third kappa shape index (κ3) is 6.19. The van der Waals surface area contributed by atoms with Crippen LogP contribution >= 0.6 is 0 Å². The zero-order chi connectivity index (χ0) is 19.6. The van der Waals surface area contributed by atoms with Crippen LogP contribution in [-0.2, 0) is 13.1 Å². The fraction of sp³-hybridized carbons (Fsp3) is 0.231. The van der Waals surface area contributed by atoms with E-state index < -0.39 is 6.10 Å². The summed E-state index contributed by atoms with van der Waals surface area (Å²) in [4.78, 5) is 2.45. The van der Waals surface area contributed by atoms with Crippen LogP contribution in [0.15, 0.2) is 103 Å². The quantitative estimate of drug-likeness (QED) is 0.484. The van der Waals surface area contributed by atoms with Gasteiger partial charge in [-0.2, -0.15) is 0 Å². The largest absolute Gasteiger partial charge is 0.388 e. The molecule has 0 bridgehead atoms. The molecule has 3 aromatic rings. The third-order valence-electron chi connectivity index (χ3n) is 4.99. The number of hydrogen-bond acceptors (Lipinski definition) is 2. The van der Waals surface area contributed by atoms with E-state index in [0.29, 0.717) is 6.42 Å². The highest BCUT2D eigenvalue weighted by Crippen LogP contribution is 2.18. The van der Waals surface area contributed by atoms with Crippen molar-refractivity contribution in [3.05, 3.63) is 120 Å². The minimum Gasteiger partial charge on any atom is -0.388 e. The number of hydrogen-bond donors (Lipinski definition) is 1. The molecule has 0 aliphatic carbocycles. The van der Waals surface area contributed by atoms with E-state index >= 15 is 0 Å². The van der Waals surface area contributed by atoms with Crippen molar-refractivity contribution in [2.45, 2.75) is 38.6 Å². The number of aliphatic hydroxyl groups excluding tert-OH is 1. The van der Waals surface area contributed by atoms with Gasteiger partial charge in [-0.3, -0.25) is 4.90 Å². The van der Waals surface area contributed by atoms with Gasteiger partial charge in [0.25, 0.3) is 0 Å². The van der Waals surface area contributed by atoms with Crippen LogP contribution in [0.5, 0.6) is 0 Å². The molecule has 0 aliphatic heterocycles. The van der Waals surface area contributed by atoms with Crippen molar-refractivity contribution >= 4 is 0 Å². The summed E-state index contributed by atoms with van der Waals surface area (Å²) in [5, 5.41) is 10.4. The van der Waals surface area contributed by atoms with E-state index in [-0.39, 0.29) is 6.04 Å². The number of aliphatic hydroxyl groups is 1. The second-order valence-corrected chi connectivity index (χ2v) is 7.21. The first-order valence-corrected chi connectivity index (χ1v) is 9.94. The lowest BCUT2D eigenvalue weighted by atomic mass is 10.1. The van der Waals surface area contributed by atoms with Gasteiger partial charge in [0.05, 0.1) is 6.10 Å². The molecule has 0 saturated carbocycles. The van der Waals surface area contributed by atoms with Crippen LogP contribution in [0, 0.1) is 0 Å². The number of nitrogens with zero attached hydrogens (tertiary/aromatic N) is 1. The molecule has 0 amide bonds. The summed E-state index contributed by atoms with van der Waals surface area (Å²) in [5.74, 6) is 0. The molecule has 3 rings (SSSR count). The van der Waals surface area contributed by atoms with E-state index in [1.165, 1.54) is 11.1 Å². The first kappa shape index (κ1) is 20.1. The molecule has 2 nitrogen and oxygen atoms in total. The summed E-state index contributed by atoms with van der Waals surface area (Å²) in [5.41, 5.74) is 3.58. The van der Waals surface area contributed by atoms with E-state index in [1.807, 2.05) is 30.3 Å². The molecule has 3 aromatic carbocycles. The topological polar surface area (TPSA) is 23.5 Å². The molecule has 2 atom stereocenters. The SMILES string of the molecule is C[C@@H](/C=C\C[C@H](O)c1ccccc1)N(Cc1ccccc1)Cc1ccccc1. The van der Waals surface area contributed by atoms with E-state index in [1.54, 1.807) is 0 Å². The molecule has 1 N–H and O–H groups in total. The third-order valence-corrected chi connectivity index (χ3v) is 4.99. The Morgan fingerprint density at radius 3 is 1.71 bits per heavy atom. The summed E-state index contributed by atoms with van der Waals surface area (Å²) in [7, 11) is 0. The van der Waals surface area contributed by atoms with Gasteiger partial charge in [-0.05, 0) is 30.0 Å². The summed E-state index contributed by atoms with van der Waals surface area (Å²) in [6.45, 7) is 4.00. The fourth-order valence-corrected chi connectivity index (χ4v) is 3.32.